The van der Waals surface area contributed by atoms with E-state index in [0.29, 0.717) is 13.1 Å². The Morgan fingerprint density at radius 3 is 2.20 bits per heavy atom. The van der Waals surface area contributed by atoms with Gasteiger partial charge in [-0.25, -0.2) is 4.98 Å². The minimum Gasteiger partial charge on any atom is -0.384 e. The Morgan fingerprint density at radius 1 is 1.00 bits per heavy atom. The number of fused-ring (bicyclic) bond motifs is 2. The summed E-state index contributed by atoms with van der Waals surface area (Å²) >= 11 is 0. The second-order valence-electron chi connectivity index (χ2n) is 4.40. The lowest BCUT2D eigenvalue weighted by Gasteiger charge is -2.12. The molecule has 0 saturated carbocycles. The van der Waals surface area contributed by atoms with Gasteiger partial charge in [-0.15, -0.1) is 0 Å². The average molecular weight is 263 g/mol. The van der Waals surface area contributed by atoms with Gasteiger partial charge >= 0.3 is 0 Å². The number of nitrogens with one attached hydrogen (secondary N) is 1. The van der Waals surface area contributed by atoms with Crippen LogP contribution in [-0.4, -0.2) is 18.1 Å². The molecule has 0 aliphatic heterocycles. The maximum Gasteiger partial charge on any atom is 0.0730 e. The van der Waals surface area contributed by atoms with Crippen LogP contribution in [0.3, 0.4) is 0 Å². The third kappa shape index (κ3) is 2.22. The number of para-hydroxylation sites is 2. The molecule has 5 nitrogen and oxygen atoms in total. The predicted octanol–water partition coefficient (Wildman–Crippen LogP) is 4.11. The number of rotatable bonds is 4. The average Bonchev–Trinajstić information content (AvgIpc) is 2.50. The molecule has 1 aromatic heterocycles. The van der Waals surface area contributed by atoms with Gasteiger partial charge in [-0.3, -0.25) is 0 Å². The maximum absolute atomic E-state index is 8.33. The predicted molar refractivity (Wildman–Crippen MR) is 81.8 cm³/mol. The third-order valence-corrected chi connectivity index (χ3v) is 3.16. The lowest BCUT2D eigenvalue weighted by molar-refractivity contribution is 1.01. The van der Waals surface area contributed by atoms with Crippen LogP contribution < -0.4 is 5.32 Å². The van der Waals surface area contributed by atoms with E-state index in [1.807, 2.05) is 48.5 Å². The minimum atomic E-state index is 0.418. The molecule has 1 N–H and O–H groups in total. The summed E-state index contributed by atoms with van der Waals surface area (Å²) in [6.07, 6.45) is 0. The Kier molecular flexibility index (Phi) is 3.35. The highest BCUT2D eigenvalue weighted by atomic mass is 15.1. The molecule has 0 aliphatic rings. The van der Waals surface area contributed by atoms with E-state index in [2.05, 4.69) is 20.3 Å². The van der Waals surface area contributed by atoms with Gasteiger partial charge in [0.2, 0.25) is 0 Å². The van der Waals surface area contributed by atoms with Gasteiger partial charge in [0, 0.05) is 28.8 Å². The first-order valence-electron chi connectivity index (χ1n) is 6.42. The molecule has 1 heterocycles. The Bertz CT molecular complexity index is 752. The maximum atomic E-state index is 8.33. The van der Waals surface area contributed by atoms with Crippen molar-refractivity contribution in [2.75, 3.05) is 18.4 Å². The Morgan fingerprint density at radius 2 is 1.60 bits per heavy atom. The monoisotopic (exact) mass is 263 g/mol. The third-order valence-electron chi connectivity index (χ3n) is 3.16. The SMILES string of the molecule is [N-]=[N+]=NCCNc1c2ccccc2nc2ccccc12. The smallest absolute Gasteiger partial charge is 0.0730 e. The minimum absolute atomic E-state index is 0.418. The van der Waals surface area contributed by atoms with E-state index in [4.69, 9.17) is 5.53 Å². The van der Waals surface area contributed by atoms with Crippen LogP contribution in [0.5, 0.6) is 0 Å². The van der Waals surface area contributed by atoms with Crippen molar-refractivity contribution in [1.82, 2.24) is 4.98 Å². The number of pyridine rings is 1. The molecule has 3 rings (SSSR count). The number of anilines is 1. The summed E-state index contributed by atoms with van der Waals surface area (Å²) in [4.78, 5) is 7.42. The highest BCUT2D eigenvalue weighted by molar-refractivity contribution is 6.07. The van der Waals surface area contributed by atoms with Gasteiger partial charge in [-0.2, -0.15) is 0 Å². The highest BCUT2D eigenvalue weighted by Gasteiger charge is 2.07. The molecule has 0 bridgehead atoms. The zero-order valence-electron chi connectivity index (χ0n) is 10.8. The lowest BCUT2D eigenvalue weighted by Crippen LogP contribution is -2.05. The molecule has 0 atom stereocenters. The van der Waals surface area contributed by atoms with Gasteiger partial charge in [-0.05, 0) is 17.7 Å². The number of aromatic nitrogens is 1. The molecule has 0 radical (unpaired) electrons. The van der Waals surface area contributed by atoms with Crippen LogP contribution in [0.25, 0.3) is 32.2 Å². The van der Waals surface area contributed by atoms with Crippen LogP contribution in [0.2, 0.25) is 0 Å². The van der Waals surface area contributed by atoms with Crippen LogP contribution in [0.15, 0.2) is 53.6 Å². The van der Waals surface area contributed by atoms with Crippen molar-refractivity contribution in [1.29, 1.82) is 0 Å². The van der Waals surface area contributed by atoms with Gasteiger partial charge in [0.15, 0.2) is 0 Å². The molecule has 3 aromatic rings. The van der Waals surface area contributed by atoms with E-state index in [1.165, 1.54) is 0 Å². The van der Waals surface area contributed by atoms with Crippen molar-refractivity contribution < 1.29 is 0 Å². The normalized spacial score (nSPS) is 10.4. The quantitative estimate of drug-likeness (QED) is 0.253. The summed E-state index contributed by atoms with van der Waals surface area (Å²) in [6.45, 7) is 1.02. The zero-order chi connectivity index (χ0) is 13.8. The second kappa shape index (κ2) is 5.47. The number of nitrogens with zero attached hydrogens (tertiary/aromatic N) is 4. The first-order valence-corrected chi connectivity index (χ1v) is 6.42. The Labute approximate surface area is 115 Å². The van der Waals surface area contributed by atoms with Gasteiger partial charge in [-0.1, -0.05) is 41.5 Å². The fourth-order valence-corrected chi connectivity index (χ4v) is 2.31. The van der Waals surface area contributed by atoms with Gasteiger partial charge in [0.05, 0.1) is 16.7 Å². The van der Waals surface area contributed by atoms with Crippen molar-refractivity contribution in [2.45, 2.75) is 0 Å². The summed E-state index contributed by atoms with van der Waals surface area (Å²) in [6, 6.07) is 16.0. The standard InChI is InChI=1S/C15H13N5/c16-20-18-10-9-17-15-11-5-1-3-7-13(11)19-14-8-4-2-6-12(14)15/h1-8H,9-10H2,(H,17,19). The Hall–Kier alpha value is -2.78. The summed E-state index contributed by atoms with van der Waals surface area (Å²) in [7, 11) is 0. The molecule has 0 saturated heterocycles. The van der Waals surface area contributed by atoms with E-state index in [9.17, 15) is 0 Å². The first kappa shape index (κ1) is 12.3. The van der Waals surface area contributed by atoms with Crippen molar-refractivity contribution in [3.63, 3.8) is 0 Å². The van der Waals surface area contributed by atoms with Crippen LogP contribution in [-0.2, 0) is 0 Å². The zero-order valence-corrected chi connectivity index (χ0v) is 10.8. The molecule has 2 aromatic carbocycles. The fraction of sp³-hybridized carbons (Fsp3) is 0.133. The molecular formula is C15H13N5. The summed E-state index contributed by atoms with van der Waals surface area (Å²) in [5.74, 6) is 0. The Balaban J connectivity index is 2.14. The number of azide groups is 1. The molecular weight excluding hydrogens is 250 g/mol. The molecule has 20 heavy (non-hydrogen) atoms. The molecule has 0 fully saturated rings. The fourth-order valence-electron chi connectivity index (χ4n) is 2.31. The van der Waals surface area contributed by atoms with Crippen molar-refractivity contribution in [2.24, 2.45) is 5.11 Å². The van der Waals surface area contributed by atoms with Crippen molar-refractivity contribution >= 4 is 27.5 Å². The van der Waals surface area contributed by atoms with Gasteiger partial charge in [0.25, 0.3) is 0 Å². The van der Waals surface area contributed by atoms with Crippen molar-refractivity contribution in [3.8, 4) is 0 Å². The van der Waals surface area contributed by atoms with E-state index >= 15 is 0 Å². The molecule has 0 amide bonds. The topological polar surface area (TPSA) is 73.7 Å². The molecule has 0 aliphatic carbocycles. The lowest BCUT2D eigenvalue weighted by atomic mass is 10.1. The van der Waals surface area contributed by atoms with Crippen molar-refractivity contribution in [3.05, 3.63) is 59.0 Å². The van der Waals surface area contributed by atoms with Crippen LogP contribution in [0.4, 0.5) is 5.69 Å². The largest absolute Gasteiger partial charge is 0.384 e. The number of hydrogen-bond acceptors (Lipinski definition) is 3. The van der Waals surface area contributed by atoms with Crippen LogP contribution in [0, 0.1) is 0 Å². The molecule has 98 valence electrons. The van der Waals surface area contributed by atoms with E-state index in [1.54, 1.807) is 0 Å². The van der Waals surface area contributed by atoms with E-state index < -0.39 is 0 Å². The first-order chi connectivity index (χ1) is 9.90. The van der Waals surface area contributed by atoms with Crippen LogP contribution in [0.1, 0.15) is 0 Å². The second-order valence-corrected chi connectivity index (χ2v) is 4.40. The highest BCUT2D eigenvalue weighted by Crippen LogP contribution is 2.30. The number of benzene rings is 2. The summed E-state index contributed by atoms with van der Waals surface area (Å²) in [5.41, 5.74) is 11.3. The molecule has 0 unspecified atom stereocenters. The van der Waals surface area contributed by atoms with Gasteiger partial charge in [0.1, 0.15) is 0 Å². The number of hydrogen-bond donors (Lipinski definition) is 1. The van der Waals surface area contributed by atoms with E-state index in [0.717, 1.165) is 27.5 Å². The van der Waals surface area contributed by atoms with Gasteiger partial charge < -0.3 is 5.32 Å². The summed E-state index contributed by atoms with van der Waals surface area (Å²) < 4.78 is 0. The van der Waals surface area contributed by atoms with Crippen LogP contribution >= 0.6 is 0 Å². The molecule has 0 spiro atoms. The summed E-state index contributed by atoms with van der Waals surface area (Å²) in [5, 5.41) is 9.06. The van der Waals surface area contributed by atoms with E-state index in [-0.39, 0.29) is 0 Å². The molecule has 5 heteroatoms.